The van der Waals surface area contributed by atoms with Gasteiger partial charge in [-0.15, -0.1) is 0 Å². The van der Waals surface area contributed by atoms with Gasteiger partial charge in [0.2, 0.25) is 0 Å². The van der Waals surface area contributed by atoms with Crippen molar-refractivity contribution >= 4 is 21.9 Å². The lowest BCUT2D eigenvalue weighted by atomic mass is 10.1. The smallest absolute Gasteiger partial charge is 0.155 e. The summed E-state index contributed by atoms with van der Waals surface area (Å²) in [4.78, 5) is 19.7. The van der Waals surface area contributed by atoms with Gasteiger partial charge in [0.05, 0.1) is 11.4 Å². The molecule has 182 valence electrons. The maximum Gasteiger partial charge on any atom is 0.155 e. The van der Waals surface area contributed by atoms with Crippen LogP contribution in [0.25, 0.3) is 55.7 Å². The van der Waals surface area contributed by atoms with Gasteiger partial charge in [-0.05, 0) is 80.0 Å². The number of nitrogens with zero attached hydrogens (tertiary/aromatic N) is 5. The van der Waals surface area contributed by atoms with Crippen molar-refractivity contribution in [1.82, 2.24) is 35.0 Å². The summed E-state index contributed by atoms with van der Waals surface area (Å²) in [5.74, 6) is -0.270. The fourth-order valence-electron chi connectivity index (χ4n) is 5.22. The minimum absolute atomic E-state index is 0.270. The zero-order valence-electron chi connectivity index (χ0n) is 20.1. The Hall–Kier alpha value is -4.43. The van der Waals surface area contributed by atoms with Crippen molar-refractivity contribution in [2.45, 2.75) is 19.4 Å². The molecule has 1 saturated heterocycles. The van der Waals surface area contributed by atoms with Crippen molar-refractivity contribution in [1.29, 1.82) is 0 Å². The number of hydrogen-bond acceptors (Lipinski definition) is 5. The highest BCUT2D eigenvalue weighted by molar-refractivity contribution is 5.99. The van der Waals surface area contributed by atoms with Gasteiger partial charge in [0.15, 0.2) is 5.65 Å². The number of nitrogens with one attached hydrogen (secondary N) is 2. The molecule has 5 aromatic heterocycles. The molecule has 1 aliphatic rings. The van der Waals surface area contributed by atoms with Crippen LogP contribution in [-0.2, 0) is 6.54 Å². The SMILES string of the molecule is Fc1ccc(-c2nccc3[nH]c(-c4n[nH]c5ncc(-c6cncc(CN7CCCC7)c6)cc45)cc23)cc1. The van der Waals surface area contributed by atoms with Crippen molar-refractivity contribution in [3.05, 3.63) is 84.7 Å². The molecule has 2 N–H and O–H groups in total. The Morgan fingerprint density at radius 1 is 0.811 bits per heavy atom. The van der Waals surface area contributed by atoms with Crippen LogP contribution in [0.15, 0.2) is 73.3 Å². The van der Waals surface area contributed by atoms with E-state index in [1.54, 1.807) is 18.3 Å². The molecule has 1 fully saturated rings. The zero-order chi connectivity index (χ0) is 24.8. The van der Waals surface area contributed by atoms with Gasteiger partial charge in [-0.3, -0.25) is 20.0 Å². The van der Waals surface area contributed by atoms with Gasteiger partial charge in [0.1, 0.15) is 11.5 Å². The van der Waals surface area contributed by atoms with Crippen molar-refractivity contribution in [3.8, 4) is 33.8 Å². The maximum absolute atomic E-state index is 13.5. The van der Waals surface area contributed by atoms with E-state index in [0.717, 1.165) is 75.3 Å². The molecule has 7 nitrogen and oxygen atoms in total. The first-order valence-electron chi connectivity index (χ1n) is 12.5. The van der Waals surface area contributed by atoms with Gasteiger partial charge >= 0.3 is 0 Å². The molecule has 8 heteroatoms. The van der Waals surface area contributed by atoms with Gasteiger partial charge in [-0.1, -0.05) is 0 Å². The molecular weight excluding hydrogens is 465 g/mol. The Morgan fingerprint density at radius 3 is 2.51 bits per heavy atom. The van der Waals surface area contributed by atoms with Crippen LogP contribution in [0.5, 0.6) is 0 Å². The van der Waals surface area contributed by atoms with Crippen LogP contribution in [0.2, 0.25) is 0 Å². The Bertz CT molecular complexity index is 1730. The predicted octanol–water partition coefficient (Wildman–Crippen LogP) is 5.97. The zero-order valence-corrected chi connectivity index (χ0v) is 20.1. The second-order valence-corrected chi connectivity index (χ2v) is 9.57. The molecule has 0 spiro atoms. The highest BCUT2D eigenvalue weighted by Gasteiger charge is 2.16. The quantitative estimate of drug-likeness (QED) is 0.312. The van der Waals surface area contributed by atoms with Crippen molar-refractivity contribution in [3.63, 3.8) is 0 Å². The largest absolute Gasteiger partial charge is 0.353 e. The monoisotopic (exact) mass is 489 g/mol. The number of aromatic nitrogens is 6. The minimum atomic E-state index is -0.270. The molecule has 0 saturated carbocycles. The summed E-state index contributed by atoms with van der Waals surface area (Å²) < 4.78 is 13.5. The highest BCUT2D eigenvalue weighted by Crippen LogP contribution is 2.34. The van der Waals surface area contributed by atoms with E-state index < -0.39 is 0 Å². The van der Waals surface area contributed by atoms with Crippen molar-refractivity contribution < 1.29 is 4.39 Å². The van der Waals surface area contributed by atoms with Gasteiger partial charge in [-0.2, -0.15) is 5.10 Å². The van der Waals surface area contributed by atoms with Gasteiger partial charge < -0.3 is 4.98 Å². The van der Waals surface area contributed by atoms with Crippen LogP contribution in [0.3, 0.4) is 0 Å². The molecule has 6 aromatic rings. The summed E-state index contributed by atoms with van der Waals surface area (Å²) in [5, 5.41) is 9.51. The van der Waals surface area contributed by atoms with Crippen LogP contribution >= 0.6 is 0 Å². The second kappa shape index (κ2) is 8.90. The number of halogens is 1. The fraction of sp³-hybridized carbons (Fsp3) is 0.172. The van der Waals surface area contributed by atoms with E-state index in [2.05, 4.69) is 47.2 Å². The van der Waals surface area contributed by atoms with E-state index in [4.69, 9.17) is 0 Å². The lowest BCUT2D eigenvalue weighted by molar-refractivity contribution is 0.331. The van der Waals surface area contributed by atoms with Crippen LogP contribution in [-0.4, -0.2) is 48.1 Å². The number of pyridine rings is 3. The summed E-state index contributed by atoms with van der Waals surface area (Å²) in [6.45, 7) is 3.23. The summed E-state index contributed by atoms with van der Waals surface area (Å²) in [5.41, 5.74) is 8.19. The van der Waals surface area contributed by atoms with E-state index in [-0.39, 0.29) is 5.82 Å². The number of hydrogen-bond donors (Lipinski definition) is 2. The Morgan fingerprint density at radius 2 is 1.65 bits per heavy atom. The summed E-state index contributed by atoms with van der Waals surface area (Å²) in [6, 6.07) is 14.7. The normalized spacial score (nSPS) is 14.2. The number of benzene rings is 1. The minimum Gasteiger partial charge on any atom is -0.353 e. The van der Waals surface area contributed by atoms with Gasteiger partial charge in [0, 0.05) is 64.3 Å². The average Bonchev–Trinajstić information content (AvgIpc) is 3.68. The predicted molar refractivity (Wildman–Crippen MR) is 142 cm³/mol. The van der Waals surface area contributed by atoms with E-state index in [1.165, 1.54) is 30.5 Å². The molecule has 7 rings (SSSR count). The Labute approximate surface area is 212 Å². The third-order valence-corrected chi connectivity index (χ3v) is 7.07. The Kier molecular flexibility index (Phi) is 5.25. The molecule has 0 unspecified atom stereocenters. The summed E-state index contributed by atoms with van der Waals surface area (Å²) >= 11 is 0. The number of likely N-dealkylation sites (tertiary alicyclic amines) is 1. The first-order chi connectivity index (χ1) is 18.2. The molecule has 37 heavy (non-hydrogen) atoms. The maximum atomic E-state index is 13.5. The van der Waals surface area contributed by atoms with Crippen LogP contribution in [0.1, 0.15) is 18.4 Å². The standard InChI is InChI=1S/C29H24FN7/c30-22-5-3-19(4-6-22)27-23-13-26(34-25(23)7-8-32-27)28-24-12-21(16-33-29(24)36-35-28)20-11-18(14-31-15-20)17-37-9-1-2-10-37/h3-8,11-16,34H,1-2,9-10,17H2,(H,33,35,36). The Balaban J connectivity index is 1.27. The van der Waals surface area contributed by atoms with E-state index >= 15 is 0 Å². The van der Waals surface area contributed by atoms with Gasteiger partial charge in [-0.25, -0.2) is 9.37 Å². The number of H-pyrrole nitrogens is 2. The molecule has 0 amide bonds. The average molecular weight is 490 g/mol. The molecular formula is C29H24FN7. The van der Waals surface area contributed by atoms with Crippen LogP contribution in [0.4, 0.5) is 4.39 Å². The molecule has 1 aliphatic heterocycles. The van der Waals surface area contributed by atoms with Crippen LogP contribution in [0, 0.1) is 5.82 Å². The molecule has 6 heterocycles. The number of fused-ring (bicyclic) bond motifs is 2. The van der Waals surface area contributed by atoms with Crippen LogP contribution < -0.4 is 0 Å². The third kappa shape index (κ3) is 4.05. The number of aromatic amines is 2. The fourth-order valence-corrected chi connectivity index (χ4v) is 5.22. The molecule has 0 bridgehead atoms. The lowest BCUT2D eigenvalue weighted by Gasteiger charge is -2.14. The topological polar surface area (TPSA) is 86.4 Å². The highest BCUT2D eigenvalue weighted by atomic mass is 19.1. The third-order valence-electron chi connectivity index (χ3n) is 7.07. The van der Waals surface area contributed by atoms with E-state index in [0.29, 0.717) is 0 Å². The van der Waals surface area contributed by atoms with Crippen molar-refractivity contribution in [2.75, 3.05) is 13.1 Å². The molecule has 1 aromatic carbocycles. The first kappa shape index (κ1) is 21.8. The van der Waals surface area contributed by atoms with E-state index in [1.807, 2.05) is 30.7 Å². The lowest BCUT2D eigenvalue weighted by Crippen LogP contribution is -2.18. The summed E-state index contributed by atoms with van der Waals surface area (Å²) in [6.07, 6.45) is 10.0. The van der Waals surface area contributed by atoms with Gasteiger partial charge in [0.25, 0.3) is 0 Å². The first-order valence-corrected chi connectivity index (χ1v) is 12.5. The molecule has 0 aliphatic carbocycles. The number of rotatable bonds is 5. The van der Waals surface area contributed by atoms with E-state index in [9.17, 15) is 4.39 Å². The second-order valence-electron chi connectivity index (χ2n) is 9.57. The van der Waals surface area contributed by atoms with Crippen molar-refractivity contribution in [2.24, 2.45) is 0 Å². The molecule has 0 atom stereocenters. The summed E-state index contributed by atoms with van der Waals surface area (Å²) in [7, 11) is 0. The molecule has 0 radical (unpaired) electrons.